The maximum absolute atomic E-state index is 14.6. The van der Waals surface area contributed by atoms with Crippen molar-refractivity contribution in [3.63, 3.8) is 0 Å². The number of aryl methyl sites for hydroxylation is 3. The molecule has 0 fully saturated rings. The normalized spacial score (nSPS) is 11.6. The van der Waals surface area contributed by atoms with Crippen LogP contribution in [0.2, 0.25) is 0 Å². The van der Waals surface area contributed by atoms with Crippen molar-refractivity contribution in [2.45, 2.75) is 39.0 Å². The highest BCUT2D eigenvalue weighted by Crippen LogP contribution is 2.32. The minimum atomic E-state index is -5.06. The highest BCUT2D eigenvalue weighted by atomic mass is 19.4. The minimum absolute atomic E-state index is 0.0958. The van der Waals surface area contributed by atoms with Crippen LogP contribution in [0.5, 0.6) is 5.75 Å². The van der Waals surface area contributed by atoms with Gasteiger partial charge < -0.3 is 4.74 Å². The first kappa shape index (κ1) is 22.7. The number of benzene rings is 3. The largest absolute Gasteiger partial charge is 0.573 e. The molecule has 0 atom stereocenters. The molecule has 0 radical (unpaired) electrons. The van der Waals surface area contributed by atoms with Gasteiger partial charge in [-0.15, -0.1) is 13.2 Å². The van der Waals surface area contributed by atoms with E-state index in [-0.39, 0.29) is 23.1 Å². The third-order valence-corrected chi connectivity index (χ3v) is 4.88. The van der Waals surface area contributed by atoms with E-state index in [0.29, 0.717) is 12.5 Å². The molecule has 164 valence electrons. The first-order chi connectivity index (χ1) is 14.7. The van der Waals surface area contributed by atoms with Crippen LogP contribution in [0.4, 0.5) is 26.3 Å². The Morgan fingerprint density at radius 1 is 0.742 bits per heavy atom. The molecule has 0 aliphatic carbocycles. The molecule has 3 aromatic carbocycles. The first-order valence-electron chi connectivity index (χ1n) is 9.78. The summed E-state index contributed by atoms with van der Waals surface area (Å²) in [6.07, 6.45) is -2.26. The molecule has 0 heterocycles. The zero-order valence-electron chi connectivity index (χ0n) is 16.7. The second-order valence-corrected chi connectivity index (χ2v) is 7.16. The number of rotatable bonds is 7. The van der Waals surface area contributed by atoms with Gasteiger partial charge in [-0.25, -0.2) is 13.2 Å². The standard InChI is InChI=1S/C24H20F6O/c1-2-3-15-4-6-16(7-5-15)8-9-17-10-12-19(23(27)22(17)26)18-11-13-21(20(25)14-18)31-24(28,29)30/h4-7,10-14H,2-3,8-9H2,1H3. The van der Waals surface area contributed by atoms with Gasteiger partial charge in [-0.3, -0.25) is 0 Å². The fourth-order valence-corrected chi connectivity index (χ4v) is 3.32. The first-order valence-corrected chi connectivity index (χ1v) is 9.78. The van der Waals surface area contributed by atoms with E-state index >= 15 is 0 Å². The summed E-state index contributed by atoms with van der Waals surface area (Å²) in [5.74, 6) is -4.61. The van der Waals surface area contributed by atoms with Gasteiger partial charge in [0.2, 0.25) is 0 Å². The molecule has 0 aliphatic heterocycles. The maximum atomic E-state index is 14.6. The lowest BCUT2D eigenvalue weighted by atomic mass is 9.98. The van der Waals surface area contributed by atoms with Crippen LogP contribution >= 0.6 is 0 Å². The molecule has 0 bridgehead atoms. The summed E-state index contributed by atoms with van der Waals surface area (Å²) in [4.78, 5) is 0. The van der Waals surface area contributed by atoms with Gasteiger partial charge in [-0.05, 0) is 53.6 Å². The molecule has 0 unspecified atom stereocenters. The van der Waals surface area contributed by atoms with E-state index in [1.54, 1.807) is 0 Å². The highest BCUT2D eigenvalue weighted by molar-refractivity contribution is 5.65. The highest BCUT2D eigenvalue weighted by Gasteiger charge is 2.32. The topological polar surface area (TPSA) is 9.23 Å². The minimum Gasteiger partial charge on any atom is -0.403 e. The van der Waals surface area contributed by atoms with Crippen LogP contribution in [-0.2, 0) is 19.3 Å². The van der Waals surface area contributed by atoms with E-state index in [9.17, 15) is 26.3 Å². The third-order valence-electron chi connectivity index (χ3n) is 4.88. The number of ether oxygens (including phenoxy) is 1. The van der Waals surface area contributed by atoms with Gasteiger partial charge in [0.25, 0.3) is 0 Å². The molecule has 0 aliphatic rings. The van der Waals surface area contributed by atoms with Gasteiger partial charge in [-0.2, -0.15) is 0 Å². The zero-order valence-corrected chi connectivity index (χ0v) is 16.7. The van der Waals surface area contributed by atoms with Gasteiger partial charge in [-0.1, -0.05) is 55.8 Å². The number of hydrogen-bond acceptors (Lipinski definition) is 1. The Labute approximate surface area is 176 Å². The molecule has 0 aromatic heterocycles. The van der Waals surface area contributed by atoms with Gasteiger partial charge >= 0.3 is 6.36 Å². The van der Waals surface area contributed by atoms with Crippen molar-refractivity contribution >= 4 is 0 Å². The third kappa shape index (κ3) is 5.81. The van der Waals surface area contributed by atoms with E-state index in [1.807, 2.05) is 24.3 Å². The summed E-state index contributed by atoms with van der Waals surface area (Å²) in [6.45, 7) is 2.09. The van der Waals surface area contributed by atoms with Gasteiger partial charge in [0.15, 0.2) is 23.2 Å². The Hall–Kier alpha value is -2.96. The van der Waals surface area contributed by atoms with Crippen LogP contribution in [0.25, 0.3) is 11.1 Å². The summed E-state index contributed by atoms with van der Waals surface area (Å²) in [5, 5.41) is 0. The average Bonchev–Trinajstić information content (AvgIpc) is 2.71. The predicted octanol–water partition coefficient (Wildman–Crippen LogP) is 7.41. The van der Waals surface area contributed by atoms with Crippen molar-refractivity contribution in [2.75, 3.05) is 0 Å². The Kier molecular flexibility index (Phi) is 6.93. The molecule has 31 heavy (non-hydrogen) atoms. The van der Waals surface area contributed by atoms with Crippen molar-refractivity contribution in [3.05, 3.63) is 88.7 Å². The summed E-state index contributed by atoms with van der Waals surface area (Å²) < 4.78 is 83.4. The van der Waals surface area contributed by atoms with E-state index in [2.05, 4.69) is 11.7 Å². The molecule has 3 aromatic rings. The predicted molar refractivity (Wildman–Crippen MR) is 106 cm³/mol. The van der Waals surface area contributed by atoms with Crippen LogP contribution in [-0.4, -0.2) is 6.36 Å². The Bertz CT molecular complexity index is 1040. The fraction of sp³-hybridized carbons (Fsp3) is 0.250. The molecule has 3 rings (SSSR count). The molecule has 0 saturated heterocycles. The lowest BCUT2D eigenvalue weighted by Crippen LogP contribution is -2.17. The van der Waals surface area contributed by atoms with Crippen LogP contribution in [0.3, 0.4) is 0 Å². The fourth-order valence-electron chi connectivity index (χ4n) is 3.32. The van der Waals surface area contributed by atoms with Crippen molar-refractivity contribution in [3.8, 4) is 16.9 Å². The van der Waals surface area contributed by atoms with Crippen molar-refractivity contribution in [1.82, 2.24) is 0 Å². The van der Waals surface area contributed by atoms with E-state index in [1.165, 1.54) is 17.7 Å². The zero-order chi connectivity index (χ0) is 22.6. The SMILES string of the molecule is CCCc1ccc(CCc2ccc(-c3ccc(OC(F)(F)F)c(F)c3)c(F)c2F)cc1. The Morgan fingerprint density at radius 3 is 1.97 bits per heavy atom. The van der Waals surface area contributed by atoms with E-state index in [0.717, 1.165) is 30.5 Å². The molecule has 0 spiro atoms. The van der Waals surface area contributed by atoms with Gasteiger partial charge in [0.1, 0.15) is 0 Å². The summed E-state index contributed by atoms with van der Waals surface area (Å²) in [5.41, 5.74) is 2.03. The smallest absolute Gasteiger partial charge is 0.403 e. The van der Waals surface area contributed by atoms with Crippen LogP contribution in [0.15, 0.2) is 54.6 Å². The average molecular weight is 438 g/mol. The molecule has 0 N–H and O–H groups in total. The van der Waals surface area contributed by atoms with Crippen molar-refractivity contribution in [2.24, 2.45) is 0 Å². The molecule has 7 heteroatoms. The Balaban J connectivity index is 1.76. The van der Waals surface area contributed by atoms with E-state index < -0.39 is 29.6 Å². The lowest BCUT2D eigenvalue weighted by Gasteiger charge is -2.12. The summed E-state index contributed by atoms with van der Waals surface area (Å²) >= 11 is 0. The lowest BCUT2D eigenvalue weighted by molar-refractivity contribution is -0.275. The molecular formula is C24H20F6O. The number of halogens is 6. The van der Waals surface area contributed by atoms with Crippen molar-refractivity contribution in [1.29, 1.82) is 0 Å². The van der Waals surface area contributed by atoms with Gasteiger partial charge in [0, 0.05) is 5.56 Å². The Morgan fingerprint density at radius 2 is 1.39 bits per heavy atom. The van der Waals surface area contributed by atoms with Crippen LogP contribution in [0.1, 0.15) is 30.0 Å². The van der Waals surface area contributed by atoms with Crippen molar-refractivity contribution < 1.29 is 31.1 Å². The second-order valence-electron chi connectivity index (χ2n) is 7.16. The second kappa shape index (κ2) is 9.45. The molecule has 0 amide bonds. The monoisotopic (exact) mass is 438 g/mol. The summed E-state index contributed by atoms with van der Waals surface area (Å²) in [7, 11) is 0. The molecular weight excluding hydrogens is 418 g/mol. The molecule has 1 nitrogen and oxygen atoms in total. The maximum Gasteiger partial charge on any atom is 0.573 e. The van der Waals surface area contributed by atoms with E-state index in [4.69, 9.17) is 0 Å². The number of hydrogen-bond donors (Lipinski definition) is 0. The quantitative estimate of drug-likeness (QED) is 0.349. The van der Waals surface area contributed by atoms with Crippen LogP contribution < -0.4 is 4.74 Å². The summed E-state index contributed by atoms with van der Waals surface area (Å²) in [6, 6.07) is 13.1. The molecule has 0 saturated carbocycles. The van der Waals surface area contributed by atoms with Gasteiger partial charge in [0.05, 0.1) is 0 Å². The number of alkyl halides is 3. The van der Waals surface area contributed by atoms with Crippen LogP contribution in [0, 0.1) is 17.5 Å².